The van der Waals surface area contributed by atoms with Gasteiger partial charge in [0.15, 0.2) is 17.5 Å². The van der Waals surface area contributed by atoms with E-state index in [1.54, 1.807) is 0 Å². The van der Waals surface area contributed by atoms with Crippen LogP contribution in [0.5, 0.6) is 0 Å². The fourth-order valence-electron chi connectivity index (χ4n) is 9.01. The predicted molar refractivity (Wildman–Crippen MR) is 268 cm³/mol. The lowest BCUT2D eigenvalue weighted by atomic mass is 9.93. The molecule has 0 radical (unpaired) electrons. The van der Waals surface area contributed by atoms with Gasteiger partial charge >= 0.3 is 0 Å². The van der Waals surface area contributed by atoms with E-state index >= 15 is 0 Å². The molecule has 0 amide bonds. The summed E-state index contributed by atoms with van der Waals surface area (Å²) in [6, 6.07) is 84.5. The fourth-order valence-corrected chi connectivity index (χ4v) is 9.01. The molecule has 0 saturated heterocycles. The van der Waals surface area contributed by atoms with Crippen molar-refractivity contribution in [2.24, 2.45) is 0 Å². The van der Waals surface area contributed by atoms with Crippen LogP contribution in [0.3, 0.4) is 0 Å². The van der Waals surface area contributed by atoms with E-state index in [9.17, 15) is 0 Å². The van der Waals surface area contributed by atoms with Crippen LogP contribution in [0.2, 0.25) is 0 Å². The number of aromatic nitrogens is 3. The Morgan fingerprint density at radius 1 is 0.156 bits per heavy atom. The van der Waals surface area contributed by atoms with Gasteiger partial charge in [-0.15, -0.1) is 0 Å². The summed E-state index contributed by atoms with van der Waals surface area (Å²) in [4.78, 5) is 15.9. The topological polar surface area (TPSA) is 38.7 Å². The molecule has 11 aromatic carbocycles. The van der Waals surface area contributed by atoms with Gasteiger partial charge in [-0.3, -0.25) is 0 Å². The third-order valence-electron chi connectivity index (χ3n) is 12.4. The number of nitrogens with zero attached hydrogens (tertiary/aromatic N) is 3. The van der Waals surface area contributed by atoms with E-state index in [-0.39, 0.29) is 0 Å². The highest BCUT2D eigenvalue weighted by atomic mass is 15.0. The molecule has 0 unspecified atom stereocenters. The predicted octanol–water partition coefficient (Wildman–Crippen LogP) is 16.2. The van der Waals surface area contributed by atoms with E-state index in [1.165, 1.54) is 49.0 Å². The standard InChI is InChI=1S/C61H39N3/c1-3-12-40(13-4-1)42-22-24-43(25-23-42)54-37-57(49-21-11-20-44(30-49)41-14-5-2-6-15-41)39-58(38-54)61-63-59(52-28-26-50-31-45-16-7-9-18-47(45)33-55(50)35-52)62-60(64-61)53-29-27-51-32-46-17-8-10-19-48(46)34-56(51)36-53/h1-39H. The smallest absolute Gasteiger partial charge is 0.164 e. The Balaban J connectivity index is 1.05. The summed E-state index contributed by atoms with van der Waals surface area (Å²) in [6.07, 6.45) is 0. The van der Waals surface area contributed by atoms with Gasteiger partial charge in [-0.1, -0.05) is 176 Å². The van der Waals surface area contributed by atoms with Gasteiger partial charge in [0, 0.05) is 16.7 Å². The zero-order valence-corrected chi connectivity index (χ0v) is 34.9. The molecule has 0 spiro atoms. The maximum Gasteiger partial charge on any atom is 0.164 e. The molecule has 1 heterocycles. The molecule has 1 aromatic heterocycles. The van der Waals surface area contributed by atoms with E-state index in [2.05, 4.69) is 237 Å². The number of hydrogen-bond donors (Lipinski definition) is 0. The van der Waals surface area contributed by atoms with Crippen molar-refractivity contribution in [3.8, 4) is 78.7 Å². The van der Waals surface area contributed by atoms with Crippen LogP contribution in [0.4, 0.5) is 0 Å². The largest absolute Gasteiger partial charge is 0.208 e. The Hall–Kier alpha value is -8.53. The summed E-state index contributed by atoms with van der Waals surface area (Å²) in [5, 5.41) is 9.46. The van der Waals surface area contributed by atoms with E-state index in [0.29, 0.717) is 17.5 Å². The average molecular weight is 814 g/mol. The van der Waals surface area contributed by atoms with Gasteiger partial charge in [0.25, 0.3) is 0 Å². The first-order valence-electron chi connectivity index (χ1n) is 21.7. The molecule has 0 fully saturated rings. The first-order chi connectivity index (χ1) is 31.6. The van der Waals surface area contributed by atoms with Crippen molar-refractivity contribution < 1.29 is 0 Å². The number of hydrogen-bond acceptors (Lipinski definition) is 3. The van der Waals surface area contributed by atoms with E-state index < -0.39 is 0 Å². The molecule has 0 atom stereocenters. The molecule has 0 N–H and O–H groups in total. The quantitative estimate of drug-likeness (QED) is 0.150. The van der Waals surface area contributed by atoms with E-state index in [1.807, 2.05) is 0 Å². The minimum atomic E-state index is 0.612. The number of rotatable bonds is 7. The summed E-state index contributed by atoms with van der Waals surface area (Å²) in [5.41, 5.74) is 11.9. The minimum absolute atomic E-state index is 0.612. The minimum Gasteiger partial charge on any atom is -0.208 e. The first kappa shape index (κ1) is 37.2. The summed E-state index contributed by atoms with van der Waals surface area (Å²) in [6.45, 7) is 0. The lowest BCUT2D eigenvalue weighted by molar-refractivity contribution is 1.08. The zero-order chi connectivity index (χ0) is 42.4. The third kappa shape index (κ3) is 7.15. The van der Waals surface area contributed by atoms with Crippen LogP contribution in [0.15, 0.2) is 237 Å². The van der Waals surface area contributed by atoms with Crippen molar-refractivity contribution in [3.05, 3.63) is 237 Å². The van der Waals surface area contributed by atoms with Crippen LogP contribution < -0.4 is 0 Å². The summed E-state index contributed by atoms with van der Waals surface area (Å²) in [7, 11) is 0. The van der Waals surface area contributed by atoms with Crippen LogP contribution in [-0.4, -0.2) is 15.0 Å². The molecule has 3 nitrogen and oxygen atoms in total. The van der Waals surface area contributed by atoms with Crippen LogP contribution in [0.1, 0.15) is 0 Å². The van der Waals surface area contributed by atoms with Gasteiger partial charge in [0.2, 0.25) is 0 Å². The molecule has 64 heavy (non-hydrogen) atoms. The fraction of sp³-hybridized carbons (Fsp3) is 0. The Morgan fingerprint density at radius 2 is 0.453 bits per heavy atom. The molecule has 3 heteroatoms. The van der Waals surface area contributed by atoms with Gasteiger partial charge in [-0.25, -0.2) is 15.0 Å². The Labute approximate surface area is 371 Å². The Bertz CT molecular complexity index is 3570. The average Bonchev–Trinajstić information content (AvgIpc) is 3.37. The van der Waals surface area contributed by atoms with Gasteiger partial charge < -0.3 is 0 Å². The lowest BCUT2D eigenvalue weighted by Gasteiger charge is -2.14. The maximum absolute atomic E-state index is 5.34. The maximum atomic E-state index is 5.34. The number of benzene rings is 11. The SMILES string of the molecule is c1ccc(-c2ccc(-c3cc(-c4cccc(-c5ccccc5)c4)cc(-c4nc(-c5ccc6cc7ccccc7cc6c5)nc(-c5ccc6cc7ccccc7cc6c5)n4)c3)cc2)cc1. The van der Waals surface area contributed by atoms with Gasteiger partial charge in [-0.2, -0.15) is 0 Å². The van der Waals surface area contributed by atoms with Gasteiger partial charge in [-0.05, 0) is 148 Å². The lowest BCUT2D eigenvalue weighted by Crippen LogP contribution is -2.01. The van der Waals surface area contributed by atoms with Crippen LogP contribution >= 0.6 is 0 Å². The Kier molecular flexibility index (Phi) is 9.16. The normalized spacial score (nSPS) is 11.4. The van der Waals surface area contributed by atoms with Crippen molar-refractivity contribution in [1.29, 1.82) is 0 Å². The number of fused-ring (bicyclic) bond motifs is 4. The van der Waals surface area contributed by atoms with Crippen molar-refractivity contribution in [3.63, 3.8) is 0 Å². The molecular formula is C61H39N3. The molecule has 0 aliphatic carbocycles. The molecule has 0 saturated carbocycles. The molecule has 12 aromatic rings. The highest BCUT2D eigenvalue weighted by Crippen LogP contribution is 2.37. The van der Waals surface area contributed by atoms with Crippen molar-refractivity contribution >= 4 is 43.1 Å². The molecular weight excluding hydrogens is 775 g/mol. The zero-order valence-electron chi connectivity index (χ0n) is 34.9. The van der Waals surface area contributed by atoms with Crippen molar-refractivity contribution in [2.75, 3.05) is 0 Å². The van der Waals surface area contributed by atoms with Crippen molar-refractivity contribution in [1.82, 2.24) is 15.0 Å². The van der Waals surface area contributed by atoms with Crippen LogP contribution in [-0.2, 0) is 0 Å². The van der Waals surface area contributed by atoms with Gasteiger partial charge in [0.05, 0.1) is 0 Å². The van der Waals surface area contributed by atoms with E-state index in [4.69, 9.17) is 15.0 Å². The van der Waals surface area contributed by atoms with Crippen LogP contribution in [0.25, 0.3) is 122 Å². The first-order valence-corrected chi connectivity index (χ1v) is 21.7. The second kappa shape index (κ2) is 15.7. The molecule has 0 aliphatic heterocycles. The third-order valence-corrected chi connectivity index (χ3v) is 12.4. The second-order valence-corrected chi connectivity index (χ2v) is 16.5. The monoisotopic (exact) mass is 813 g/mol. The summed E-state index contributed by atoms with van der Waals surface area (Å²) in [5.74, 6) is 1.86. The summed E-state index contributed by atoms with van der Waals surface area (Å²) < 4.78 is 0. The molecule has 298 valence electrons. The van der Waals surface area contributed by atoms with E-state index in [0.717, 1.165) is 55.3 Å². The highest BCUT2D eigenvalue weighted by molar-refractivity contribution is 6.01. The highest BCUT2D eigenvalue weighted by Gasteiger charge is 2.17. The summed E-state index contributed by atoms with van der Waals surface area (Å²) >= 11 is 0. The van der Waals surface area contributed by atoms with Gasteiger partial charge in [0.1, 0.15) is 0 Å². The molecule has 0 bridgehead atoms. The molecule has 0 aliphatic rings. The van der Waals surface area contributed by atoms with Crippen LogP contribution in [0, 0.1) is 0 Å². The second-order valence-electron chi connectivity index (χ2n) is 16.5. The molecule has 12 rings (SSSR count). The van der Waals surface area contributed by atoms with Crippen molar-refractivity contribution in [2.45, 2.75) is 0 Å². The Morgan fingerprint density at radius 3 is 0.953 bits per heavy atom.